The van der Waals surface area contributed by atoms with Crippen molar-refractivity contribution in [1.29, 1.82) is 0 Å². The fourth-order valence-electron chi connectivity index (χ4n) is 3.21. The number of fused-ring (bicyclic) bond motifs is 3. The Kier molecular flexibility index (Phi) is 2.63. The standard InChI is InChI=1S/C17H19NO/c1-4-8-17(3)9-7-14(19)15-12-10-11(2)5-6-13(12)18-16(15)17/h4-6,10,18H,1,7-9H2,2-3H3. The first-order valence-electron chi connectivity index (χ1n) is 6.82. The number of aryl methyl sites for hydroxylation is 1. The van der Waals surface area contributed by atoms with Gasteiger partial charge >= 0.3 is 0 Å². The molecule has 1 aliphatic carbocycles. The molecule has 1 N–H and O–H groups in total. The van der Waals surface area contributed by atoms with Gasteiger partial charge in [0.05, 0.1) is 0 Å². The Hall–Kier alpha value is -1.83. The summed E-state index contributed by atoms with van der Waals surface area (Å²) in [7, 11) is 0. The van der Waals surface area contributed by atoms with E-state index in [1.807, 2.05) is 6.08 Å². The van der Waals surface area contributed by atoms with E-state index in [1.54, 1.807) is 0 Å². The van der Waals surface area contributed by atoms with E-state index >= 15 is 0 Å². The van der Waals surface area contributed by atoms with Crippen LogP contribution >= 0.6 is 0 Å². The summed E-state index contributed by atoms with van der Waals surface area (Å²) in [5, 5.41) is 1.08. The van der Waals surface area contributed by atoms with Crippen LogP contribution in [0.5, 0.6) is 0 Å². The molecule has 0 fully saturated rings. The molecule has 2 heteroatoms. The van der Waals surface area contributed by atoms with Crippen molar-refractivity contribution in [2.75, 3.05) is 0 Å². The van der Waals surface area contributed by atoms with Gasteiger partial charge in [-0.2, -0.15) is 0 Å². The van der Waals surface area contributed by atoms with Crippen molar-refractivity contribution in [3.8, 4) is 0 Å². The molecule has 1 aromatic carbocycles. The van der Waals surface area contributed by atoms with E-state index in [9.17, 15) is 4.79 Å². The minimum Gasteiger partial charge on any atom is -0.357 e. The molecule has 1 heterocycles. The molecule has 2 nitrogen and oxygen atoms in total. The number of ketones is 1. The number of nitrogens with one attached hydrogen (secondary N) is 1. The van der Waals surface area contributed by atoms with Gasteiger partial charge in [-0.05, 0) is 31.9 Å². The van der Waals surface area contributed by atoms with Gasteiger partial charge < -0.3 is 4.98 Å². The van der Waals surface area contributed by atoms with E-state index < -0.39 is 0 Å². The van der Waals surface area contributed by atoms with Crippen LogP contribution in [0, 0.1) is 6.92 Å². The predicted molar refractivity (Wildman–Crippen MR) is 78.8 cm³/mol. The molecule has 98 valence electrons. The van der Waals surface area contributed by atoms with Crippen molar-refractivity contribution in [3.63, 3.8) is 0 Å². The molecule has 0 saturated heterocycles. The van der Waals surface area contributed by atoms with Crippen LogP contribution in [-0.4, -0.2) is 10.8 Å². The maximum Gasteiger partial charge on any atom is 0.165 e. The summed E-state index contributed by atoms with van der Waals surface area (Å²) >= 11 is 0. The highest BCUT2D eigenvalue weighted by Gasteiger charge is 2.37. The fraction of sp³-hybridized carbons (Fsp3) is 0.353. The molecule has 3 rings (SSSR count). The minimum absolute atomic E-state index is 0.0118. The second-order valence-corrected chi connectivity index (χ2v) is 5.90. The Morgan fingerprint density at radius 3 is 3.00 bits per heavy atom. The van der Waals surface area contributed by atoms with E-state index in [0.717, 1.165) is 35.0 Å². The molecular weight excluding hydrogens is 234 g/mol. The van der Waals surface area contributed by atoms with Crippen LogP contribution in [0.3, 0.4) is 0 Å². The number of allylic oxidation sites excluding steroid dienone is 1. The zero-order chi connectivity index (χ0) is 13.6. The molecule has 1 atom stereocenters. The fourth-order valence-corrected chi connectivity index (χ4v) is 3.21. The summed E-state index contributed by atoms with van der Waals surface area (Å²) in [6, 6.07) is 6.27. The van der Waals surface area contributed by atoms with Crippen LogP contribution in [0.4, 0.5) is 0 Å². The van der Waals surface area contributed by atoms with Gasteiger partial charge in [0, 0.05) is 34.0 Å². The van der Waals surface area contributed by atoms with Crippen LogP contribution in [0.25, 0.3) is 10.9 Å². The Morgan fingerprint density at radius 2 is 2.26 bits per heavy atom. The van der Waals surface area contributed by atoms with Crippen molar-refractivity contribution in [1.82, 2.24) is 4.98 Å². The number of benzene rings is 1. The largest absolute Gasteiger partial charge is 0.357 e. The summed E-state index contributed by atoms with van der Waals surface area (Å²) in [5.41, 5.74) is 4.29. The molecular formula is C17H19NO. The molecule has 2 aromatic rings. The third-order valence-electron chi connectivity index (χ3n) is 4.34. The third kappa shape index (κ3) is 1.74. The van der Waals surface area contributed by atoms with E-state index in [2.05, 4.69) is 43.6 Å². The molecule has 0 saturated carbocycles. The third-order valence-corrected chi connectivity index (χ3v) is 4.34. The lowest BCUT2D eigenvalue weighted by atomic mass is 9.72. The van der Waals surface area contributed by atoms with Gasteiger partial charge in [0.2, 0.25) is 0 Å². The van der Waals surface area contributed by atoms with Crippen LogP contribution in [0.2, 0.25) is 0 Å². The first-order valence-corrected chi connectivity index (χ1v) is 6.82. The zero-order valence-electron chi connectivity index (χ0n) is 11.5. The molecule has 0 radical (unpaired) electrons. The highest BCUT2D eigenvalue weighted by molar-refractivity contribution is 6.10. The highest BCUT2D eigenvalue weighted by Crippen LogP contribution is 2.42. The molecule has 0 spiro atoms. The molecule has 0 aliphatic heterocycles. The number of hydrogen-bond acceptors (Lipinski definition) is 1. The van der Waals surface area contributed by atoms with Gasteiger partial charge in [-0.25, -0.2) is 0 Å². The monoisotopic (exact) mass is 253 g/mol. The first kappa shape index (κ1) is 12.2. The lowest BCUT2D eigenvalue weighted by molar-refractivity contribution is 0.0955. The average Bonchev–Trinajstić information content (AvgIpc) is 2.75. The number of carbonyl (C=O) groups excluding carboxylic acids is 1. The van der Waals surface area contributed by atoms with Crippen molar-refractivity contribution in [3.05, 3.63) is 47.7 Å². The predicted octanol–water partition coefficient (Wildman–Crippen LogP) is 4.29. The summed E-state index contributed by atoms with van der Waals surface area (Å²) in [6.07, 6.45) is 4.39. The Bertz CT molecular complexity index is 680. The lowest BCUT2D eigenvalue weighted by Gasteiger charge is -2.32. The lowest BCUT2D eigenvalue weighted by Crippen LogP contribution is -2.29. The number of aromatic nitrogens is 1. The molecule has 19 heavy (non-hydrogen) atoms. The maximum atomic E-state index is 12.3. The van der Waals surface area contributed by atoms with Gasteiger partial charge in [-0.15, -0.1) is 6.58 Å². The van der Waals surface area contributed by atoms with Gasteiger partial charge in [0.15, 0.2) is 5.78 Å². The SMILES string of the molecule is C=CCC1(C)CCC(=O)c2c1[nH]c1ccc(C)cc21. The Balaban J connectivity index is 2.32. The van der Waals surface area contributed by atoms with E-state index in [0.29, 0.717) is 6.42 Å². The summed E-state index contributed by atoms with van der Waals surface area (Å²) in [5.74, 6) is 0.272. The van der Waals surface area contributed by atoms with E-state index in [1.165, 1.54) is 5.56 Å². The Morgan fingerprint density at radius 1 is 1.47 bits per heavy atom. The molecule has 0 bridgehead atoms. The van der Waals surface area contributed by atoms with Crippen molar-refractivity contribution >= 4 is 16.7 Å². The summed E-state index contributed by atoms with van der Waals surface area (Å²) in [4.78, 5) is 15.8. The quantitative estimate of drug-likeness (QED) is 0.796. The van der Waals surface area contributed by atoms with Crippen molar-refractivity contribution in [2.24, 2.45) is 0 Å². The molecule has 0 amide bonds. The minimum atomic E-state index is 0.0118. The van der Waals surface area contributed by atoms with Crippen molar-refractivity contribution < 1.29 is 4.79 Å². The topological polar surface area (TPSA) is 32.9 Å². The molecule has 1 aliphatic rings. The second kappa shape index (κ2) is 4.09. The first-order chi connectivity index (χ1) is 9.05. The second-order valence-electron chi connectivity index (χ2n) is 5.90. The number of aromatic amines is 1. The number of H-pyrrole nitrogens is 1. The van der Waals surface area contributed by atoms with Crippen molar-refractivity contribution in [2.45, 2.75) is 38.5 Å². The van der Waals surface area contributed by atoms with E-state index in [4.69, 9.17) is 0 Å². The maximum absolute atomic E-state index is 12.3. The van der Waals surface area contributed by atoms with Gasteiger partial charge in [-0.3, -0.25) is 4.79 Å². The van der Waals surface area contributed by atoms with Crippen LogP contribution < -0.4 is 0 Å². The average molecular weight is 253 g/mol. The smallest absolute Gasteiger partial charge is 0.165 e. The number of rotatable bonds is 2. The number of hydrogen-bond donors (Lipinski definition) is 1. The number of Topliss-reactive ketones (excluding diaryl/α,β-unsaturated/α-hetero) is 1. The normalized spacial score (nSPS) is 22.5. The summed E-state index contributed by atoms with van der Waals surface area (Å²) in [6.45, 7) is 8.15. The summed E-state index contributed by atoms with van der Waals surface area (Å²) < 4.78 is 0. The van der Waals surface area contributed by atoms with Gasteiger partial charge in [0.1, 0.15) is 0 Å². The number of carbonyl (C=O) groups is 1. The van der Waals surface area contributed by atoms with Gasteiger partial charge in [0.25, 0.3) is 0 Å². The van der Waals surface area contributed by atoms with Crippen LogP contribution in [-0.2, 0) is 5.41 Å². The Labute approximate surface area is 113 Å². The highest BCUT2D eigenvalue weighted by atomic mass is 16.1. The van der Waals surface area contributed by atoms with Crippen LogP contribution in [0.15, 0.2) is 30.9 Å². The van der Waals surface area contributed by atoms with E-state index in [-0.39, 0.29) is 11.2 Å². The zero-order valence-corrected chi connectivity index (χ0v) is 11.5. The molecule has 1 aromatic heterocycles. The molecule has 1 unspecified atom stereocenters. The van der Waals surface area contributed by atoms with Gasteiger partial charge in [-0.1, -0.05) is 24.6 Å². The van der Waals surface area contributed by atoms with Crippen LogP contribution in [0.1, 0.15) is 47.8 Å².